The summed E-state index contributed by atoms with van der Waals surface area (Å²) in [5, 5.41) is 11.6. The van der Waals surface area contributed by atoms with E-state index in [2.05, 4.69) is 153 Å². The number of benzene rings is 4. The molecule has 0 saturated carbocycles. The van der Waals surface area contributed by atoms with Gasteiger partial charge in [0.05, 0.1) is 39.2 Å². The molecule has 4 N–H and O–H groups in total. The van der Waals surface area contributed by atoms with Gasteiger partial charge < -0.3 is 40.2 Å². The SMILES string of the molecule is CC(C)(C)c1cc2c3c(c1)Sc1cc(C(C)(C)C)cc4c1OCC(=O)NCCNC(=O)COc1c(cc(C(C)(C)C)cc1Sc1cc(C(C)(C)C)cc(c1OCC(=O)NCCNC(=O)CO3)S4)S2. The van der Waals surface area contributed by atoms with Crippen LogP contribution in [-0.2, 0) is 40.8 Å². The second-order valence-electron chi connectivity index (χ2n) is 21.2. The molecule has 7 rings (SSSR count). The number of hydrogen-bond donors (Lipinski definition) is 4. The lowest BCUT2D eigenvalue weighted by atomic mass is 9.87. The first-order valence-electron chi connectivity index (χ1n) is 22.9. The van der Waals surface area contributed by atoms with E-state index in [-0.39, 0.29) is 97.9 Å². The molecular weight excluding hydrogens is 937 g/mol. The molecule has 3 heterocycles. The van der Waals surface area contributed by atoms with Gasteiger partial charge in [-0.1, -0.05) is 130 Å². The van der Waals surface area contributed by atoms with Crippen LogP contribution in [0.15, 0.2) is 87.7 Å². The van der Waals surface area contributed by atoms with Crippen LogP contribution in [0.5, 0.6) is 23.0 Å². The standard InChI is InChI=1S/C52H64N4O8S4/c1-49(2,3)29-17-33-45-34(18-29)66-36-20-31(51(7,8)9)22-38-47(36)63-27-43(59)55-16-15-54-42(58)26-62-46-35(65-33)19-30(50(4,5)6)21-37(46)67-39-23-32(52(10,11)12)24-40(68-38)48(39)64-28-44(60)56-14-13-53-41(57)25-61-45/h17-24H,13-16,25-28H2,1-12H3,(H,53,57)(H,54,58)(H,55,59)(H,56,60). The van der Waals surface area contributed by atoms with E-state index < -0.39 is 0 Å². The Kier molecular flexibility index (Phi) is 15.3. The second kappa shape index (κ2) is 20.4. The van der Waals surface area contributed by atoms with Crippen LogP contribution in [0.4, 0.5) is 0 Å². The largest absolute Gasteiger partial charge is 0.481 e. The highest BCUT2D eigenvalue weighted by atomic mass is 32.2. The van der Waals surface area contributed by atoms with E-state index in [4.69, 9.17) is 18.9 Å². The number of rotatable bonds is 0. The number of carbonyl (C=O) groups excluding carboxylic acids is 4. The number of carbonyl (C=O) groups is 4. The molecule has 4 aromatic rings. The highest BCUT2D eigenvalue weighted by molar-refractivity contribution is 8.01. The average Bonchev–Trinajstić information content (AvgIpc) is 3.22. The third-order valence-electron chi connectivity index (χ3n) is 11.4. The summed E-state index contributed by atoms with van der Waals surface area (Å²) < 4.78 is 26.8. The van der Waals surface area contributed by atoms with Crippen LogP contribution in [0.1, 0.15) is 105 Å². The fraction of sp³-hybridized carbons (Fsp3) is 0.462. The monoisotopic (exact) mass is 1000 g/mol. The number of ether oxygens (including phenoxy) is 4. The van der Waals surface area contributed by atoms with Crippen LogP contribution in [0.25, 0.3) is 0 Å². The first kappa shape index (κ1) is 51.2. The van der Waals surface area contributed by atoms with E-state index in [0.29, 0.717) is 23.0 Å². The molecule has 12 nitrogen and oxygen atoms in total. The van der Waals surface area contributed by atoms with Crippen molar-refractivity contribution in [2.24, 2.45) is 0 Å². The van der Waals surface area contributed by atoms with Gasteiger partial charge >= 0.3 is 0 Å². The molecule has 364 valence electrons. The van der Waals surface area contributed by atoms with Gasteiger partial charge in [0.2, 0.25) is 0 Å². The Balaban J connectivity index is 1.69. The maximum Gasteiger partial charge on any atom is 0.258 e. The quantitative estimate of drug-likeness (QED) is 0.117. The van der Waals surface area contributed by atoms with Crippen molar-refractivity contribution in [2.45, 2.75) is 144 Å². The maximum absolute atomic E-state index is 13.6. The number of nitrogens with one attached hydrogen (secondary N) is 4. The highest BCUT2D eigenvalue weighted by Gasteiger charge is 2.31. The molecule has 0 unspecified atom stereocenters. The van der Waals surface area contributed by atoms with E-state index in [9.17, 15) is 19.2 Å². The fourth-order valence-electron chi connectivity index (χ4n) is 7.25. The summed E-state index contributed by atoms with van der Waals surface area (Å²) in [6, 6.07) is 16.9. The third kappa shape index (κ3) is 12.6. The molecule has 0 atom stereocenters. The lowest BCUT2D eigenvalue weighted by Crippen LogP contribution is -2.38. The van der Waals surface area contributed by atoms with Crippen LogP contribution in [0.2, 0.25) is 0 Å². The summed E-state index contributed by atoms with van der Waals surface area (Å²) in [6.45, 7) is 25.3. The van der Waals surface area contributed by atoms with Gasteiger partial charge in [-0.3, -0.25) is 19.2 Å². The summed E-state index contributed by atoms with van der Waals surface area (Å²) >= 11 is 5.81. The molecule has 0 aliphatic carbocycles. The zero-order valence-corrected chi connectivity index (χ0v) is 44.4. The minimum atomic E-state index is -0.372. The molecule has 0 spiro atoms. The summed E-state index contributed by atoms with van der Waals surface area (Å²) in [6.07, 6.45) is 0. The van der Waals surface area contributed by atoms with Gasteiger partial charge in [-0.05, 0) is 92.4 Å². The minimum Gasteiger partial charge on any atom is -0.481 e. The van der Waals surface area contributed by atoms with Gasteiger partial charge in [0.1, 0.15) is 23.0 Å². The molecule has 3 aliphatic heterocycles. The van der Waals surface area contributed by atoms with Crippen LogP contribution < -0.4 is 40.2 Å². The molecule has 4 amide bonds. The van der Waals surface area contributed by atoms with Gasteiger partial charge in [-0.2, -0.15) is 0 Å². The van der Waals surface area contributed by atoms with Crippen molar-refractivity contribution in [3.8, 4) is 23.0 Å². The average molecular weight is 1000 g/mol. The first-order chi connectivity index (χ1) is 31.8. The Morgan fingerprint density at radius 2 is 0.485 bits per heavy atom. The molecular formula is C52H64N4O8S4. The predicted octanol–water partition coefficient (Wildman–Crippen LogP) is 9.80. The molecule has 16 heteroatoms. The lowest BCUT2D eigenvalue weighted by Gasteiger charge is -2.28. The molecule has 0 radical (unpaired) electrons. The predicted molar refractivity (Wildman–Crippen MR) is 271 cm³/mol. The molecule has 3 aliphatic rings. The molecule has 0 aromatic heterocycles. The van der Waals surface area contributed by atoms with E-state index in [1.165, 1.54) is 47.0 Å². The molecule has 4 aromatic carbocycles. The molecule has 12 bridgehead atoms. The van der Waals surface area contributed by atoms with E-state index in [1.54, 1.807) is 0 Å². The summed E-state index contributed by atoms with van der Waals surface area (Å²) in [5.74, 6) is 0.378. The summed E-state index contributed by atoms with van der Waals surface area (Å²) in [7, 11) is 0. The van der Waals surface area contributed by atoms with E-state index >= 15 is 0 Å². The van der Waals surface area contributed by atoms with Crippen LogP contribution >= 0.6 is 47.0 Å². The Morgan fingerprint density at radius 3 is 0.632 bits per heavy atom. The molecule has 0 fully saturated rings. The van der Waals surface area contributed by atoms with Gasteiger partial charge in [0.25, 0.3) is 23.6 Å². The fourth-order valence-corrected chi connectivity index (χ4v) is 12.0. The van der Waals surface area contributed by atoms with Gasteiger partial charge in [0, 0.05) is 26.2 Å². The van der Waals surface area contributed by atoms with E-state index in [0.717, 1.165) is 61.4 Å². The van der Waals surface area contributed by atoms with Gasteiger partial charge in [-0.25, -0.2) is 0 Å². The third-order valence-corrected chi connectivity index (χ3v) is 15.5. The maximum atomic E-state index is 13.6. The van der Waals surface area contributed by atoms with Crippen LogP contribution in [-0.4, -0.2) is 76.2 Å². The summed E-state index contributed by atoms with van der Waals surface area (Å²) in [5.41, 5.74) is 2.70. The van der Waals surface area contributed by atoms with Gasteiger partial charge in [-0.15, -0.1) is 0 Å². The Labute approximate surface area is 418 Å². The zero-order valence-electron chi connectivity index (χ0n) is 41.2. The van der Waals surface area contributed by atoms with Crippen molar-refractivity contribution in [1.29, 1.82) is 0 Å². The topological polar surface area (TPSA) is 153 Å². The minimum absolute atomic E-state index is 0.175. The Hall–Kier alpha value is -4.64. The van der Waals surface area contributed by atoms with Crippen molar-refractivity contribution in [3.63, 3.8) is 0 Å². The molecule has 68 heavy (non-hydrogen) atoms. The number of amides is 4. The number of hydrogen-bond acceptors (Lipinski definition) is 12. The zero-order chi connectivity index (χ0) is 49.3. The van der Waals surface area contributed by atoms with Crippen molar-refractivity contribution < 1.29 is 38.1 Å². The van der Waals surface area contributed by atoms with Crippen LogP contribution in [0, 0.1) is 0 Å². The Bertz CT molecular complexity index is 2170. The highest BCUT2D eigenvalue weighted by Crippen LogP contribution is 2.56. The lowest BCUT2D eigenvalue weighted by molar-refractivity contribution is -0.124. The van der Waals surface area contributed by atoms with Crippen molar-refractivity contribution >= 4 is 70.7 Å². The second-order valence-corrected chi connectivity index (χ2v) is 25.5. The van der Waals surface area contributed by atoms with E-state index in [1.807, 2.05) is 0 Å². The van der Waals surface area contributed by atoms with Crippen molar-refractivity contribution in [3.05, 3.63) is 70.8 Å². The smallest absolute Gasteiger partial charge is 0.258 e. The summed E-state index contributed by atoms with van der Waals surface area (Å²) in [4.78, 5) is 60.2. The van der Waals surface area contributed by atoms with Crippen molar-refractivity contribution in [2.75, 3.05) is 52.6 Å². The first-order valence-corrected chi connectivity index (χ1v) is 26.1. The van der Waals surface area contributed by atoms with Gasteiger partial charge in [0.15, 0.2) is 26.4 Å². The van der Waals surface area contributed by atoms with Crippen molar-refractivity contribution in [1.82, 2.24) is 21.3 Å². The van der Waals surface area contributed by atoms with Crippen LogP contribution in [0.3, 0.4) is 0 Å². The normalized spacial score (nSPS) is 16.9. The Morgan fingerprint density at radius 1 is 0.324 bits per heavy atom. The molecule has 0 saturated heterocycles.